The van der Waals surface area contributed by atoms with Crippen LogP contribution < -0.4 is 10.0 Å². The van der Waals surface area contributed by atoms with Crippen LogP contribution in [0, 0.1) is 17.0 Å². The van der Waals surface area contributed by atoms with Crippen LogP contribution in [0.4, 0.5) is 17.2 Å². The van der Waals surface area contributed by atoms with Crippen molar-refractivity contribution in [3.05, 3.63) is 76.0 Å². The first-order valence-electron chi connectivity index (χ1n) is 7.87. The molecule has 0 unspecified atom stereocenters. The Morgan fingerprint density at radius 1 is 1.14 bits per heavy atom. The number of aryl methyl sites for hydroxylation is 1. The third-order valence-electron chi connectivity index (χ3n) is 3.63. The first-order valence-corrected chi connectivity index (χ1v) is 9.35. The number of aromatic nitrogens is 1. The van der Waals surface area contributed by atoms with Crippen LogP contribution in [0.2, 0.25) is 0 Å². The Bertz CT molecular complexity index is 1140. The number of sulfonamides is 1. The Hall–Kier alpha value is -3.73. The Morgan fingerprint density at radius 3 is 2.43 bits per heavy atom. The lowest BCUT2D eigenvalue weighted by Crippen LogP contribution is -2.15. The molecule has 2 aromatic carbocycles. The van der Waals surface area contributed by atoms with E-state index in [2.05, 4.69) is 15.2 Å². The molecular formula is C17H14N4O6S. The van der Waals surface area contributed by atoms with Crippen LogP contribution in [-0.2, 0) is 10.0 Å². The van der Waals surface area contributed by atoms with Gasteiger partial charge in [0.15, 0.2) is 5.82 Å². The van der Waals surface area contributed by atoms with Crippen molar-refractivity contribution in [1.82, 2.24) is 5.16 Å². The van der Waals surface area contributed by atoms with Crippen LogP contribution in [-0.4, -0.2) is 24.4 Å². The maximum absolute atomic E-state index is 12.3. The van der Waals surface area contributed by atoms with E-state index < -0.39 is 20.9 Å². The van der Waals surface area contributed by atoms with Gasteiger partial charge < -0.3 is 9.84 Å². The molecule has 1 aromatic heterocycles. The van der Waals surface area contributed by atoms with Crippen LogP contribution >= 0.6 is 0 Å². The highest BCUT2D eigenvalue weighted by Gasteiger charge is 2.20. The summed E-state index contributed by atoms with van der Waals surface area (Å²) in [6, 6.07) is 12.3. The minimum absolute atomic E-state index is 0.0475. The van der Waals surface area contributed by atoms with Gasteiger partial charge in [0.25, 0.3) is 21.6 Å². The molecule has 0 bridgehead atoms. The standard InChI is InChI=1S/C17H14N4O6S/c1-11-10-16(19-27-11)20-28(25,26)13-8-6-12(7-9-13)18-17(22)14-4-2-3-5-15(14)21(23)24/h2-10H,1H3,(H,18,22)(H,19,20). The molecule has 0 saturated heterocycles. The average Bonchev–Trinajstić information content (AvgIpc) is 3.06. The largest absolute Gasteiger partial charge is 0.360 e. The highest BCUT2D eigenvalue weighted by molar-refractivity contribution is 7.92. The van der Waals surface area contributed by atoms with Gasteiger partial charge in [0, 0.05) is 17.8 Å². The van der Waals surface area contributed by atoms with E-state index in [1.54, 1.807) is 6.92 Å². The van der Waals surface area contributed by atoms with Gasteiger partial charge in [0.1, 0.15) is 11.3 Å². The highest BCUT2D eigenvalue weighted by atomic mass is 32.2. The van der Waals surface area contributed by atoms with Crippen molar-refractivity contribution in [2.75, 3.05) is 10.0 Å². The van der Waals surface area contributed by atoms with Crippen molar-refractivity contribution in [1.29, 1.82) is 0 Å². The molecule has 0 spiro atoms. The third-order valence-corrected chi connectivity index (χ3v) is 5.01. The zero-order chi connectivity index (χ0) is 20.3. The van der Waals surface area contributed by atoms with Crippen molar-refractivity contribution in [3.63, 3.8) is 0 Å². The number of nitrogens with one attached hydrogen (secondary N) is 2. The fourth-order valence-electron chi connectivity index (χ4n) is 2.35. The van der Waals surface area contributed by atoms with Gasteiger partial charge in [-0.3, -0.25) is 19.6 Å². The molecule has 0 fully saturated rings. The van der Waals surface area contributed by atoms with Gasteiger partial charge in [0.05, 0.1) is 9.82 Å². The number of carbonyl (C=O) groups excluding carboxylic acids is 1. The first kappa shape index (κ1) is 19.0. The second kappa shape index (κ2) is 7.48. The molecule has 1 heterocycles. The van der Waals surface area contributed by atoms with E-state index in [4.69, 9.17) is 4.52 Å². The van der Waals surface area contributed by atoms with E-state index in [9.17, 15) is 23.3 Å². The smallest absolute Gasteiger partial charge is 0.282 e. The van der Waals surface area contributed by atoms with Gasteiger partial charge in [-0.25, -0.2) is 8.42 Å². The van der Waals surface area contributed by atoms with E-state index in [1.165, 1.54) is 54.6 Å². The number of anilines is 2. The van der Waals surface area contributed by atoms with E-state index in [-0.39, 0.29) is 27.7 Å². The van der Waals surface area contributed by atoms with E-state index in [0.29, 0.717) is 5.76 Å². The minimum atomic E-state index is -3.89. The van der Waals surface area contributed by atoms with Crippen molar-refractivity contribution < 1.29 is 22.7 Å². The van der Waals surface area contributed by atoms with Crippen molar-refractivity contribution in [3.8, 4) is 0 Å². The molecule has 10 nitrogen and oxygen atoms in total. The number of amides is 1. The summed E-state index contributed by atoms with van der Waals surface area (Å²) in [7, 11) is -3.89. The van der Waals surface area contributed by atoms with Crippen LogP contribution in [0.25, 0.3) is 0 Å². The summed E-state index contributed by atoms with van der Waals surface area (Å²) in [6.45, 7) is 1.62. The van der Waals surface area contributed by atoms with E-state index in [0.717, 1.165) is 0 Å². The first-order chi connectivity index (χ1) is 13.3. The summed E-state index contributed by atoms with van der Waals surface area (Å²) in [5, 5.41) is 17.1. The molecule has 0 aliphatic heterocycles. The number of carbonyl (C=O) groups is 1. The van der Waals surface area contributed by atoms with Gasteiger partial charge >= 0.3 is 0 Å². The number of benzene rings is 2. The van der Waals surface area contributed by atoms with Crippen molar-refractivity contribution >= 4 is 33.1 Å². The zero-order valence-corrected chi connectivity index (χ0v) is 15.3. The second-order valence-electron chi connectivity index (χ2n) is 5.68. The van der Waals surface area contributed by atoms with Gasteiger partial charge in [-0.2, -0.15) is 0 Å². The molecular weight excluding hydrogens is 388 g/mol. The summed E-state index contributed by atoms with van der Waals surface area (Å²) < 4.78 is 31.7. The Balaban J connectivity index is 1.76. The molecule has 3 rings (SSSR count). The molecule has 28 heavy (non-hydrogen) atoms. The van der Waals surface area contributed by atoms with Crippen LogP contribution in [0.1, 0.15) is 16.1 Å². The van der Waals surface area contributed by atoms with Crippen molar-refractivity contribution in [2.45, 2.75) is 11.8 Å². The maximum Gasteiger partial charge on any atom is 0.282 e. The lowest BCUT2D eigenvalue weighted by molar-refractivity contribution is -0.385. The fraction of sp³-hybridized carbons (Fsp3) is 0.0588. The highest BCUT2D eigenvalue weighted by Crippen LogP contribution is 2.21. The SMILES string of the molecule is Cc1cc(NS(=O)(=O)c2ccc(NC(=O)c3ccccc3[N+](=O)[O-])cc2)no1. The van der Waals surface area contributed by atoms with Crippen molar-refractivity contribution in [2.24, 2.45) is 0 Å². The Labute approximate surface area is 159 Å². The van der Waals surface area contributed by atoms with Gasteiger partial charge in [0.2, 0.25) is 0 Å². The van der Waals surface area contributed by atoms with Gasteiger partial charge in [-0.1, -0.05) is 17.3 Å². The topological polar surface area (TPSA) is 144 Å². The molecule has 0 atom stereocenters. The Kier molecular flexibility index (Phi) is 5.09. The molecule has 0 aliphatic carbocycles. The van der Waals surface area contributed by atoms with Gasteiger partial charge in [-0.15, -0.1) is 0 Å². The molecule has 2 N–H and O–H groups in total. The number of hydrogen-bond donors (Lipinski definition) is 2. The third kappa shape index (κ3) is 4.15. The summed E-state index contributed by atoms with van der Waals surface area (Å²) in [5.74, 6) is -0.184. The molecule has 0 radical (unpaired) electrons. The summed E-state index contributed by atoms with van der Waals surface area (Å²) >= 11 is 0. The summed E-state index contributed by atoms with van der Waals surface area (Å²) in [4.78, 5) is 22.6. The zero-order valence-electron chi connectivity index (χ0n) is 14.4. The quantitative estimate of drug-likeness (QED) is 0.476. The van der Waals surface area contributed by atoms with Gasteiger partial charge in [-0.05, 0) is 37.3 Å². The predicted molar refractivity (Wildman–Crippen MR) is 99.5 cm³/mol. The second-order valence-corrected chi connectivity index (χ2v) is 7.36. The van der Waals surface area contributed by atoms with Crippen LogP contribution in [0.5, 0.6) is 0 Å². The number of rotatable bonds is 6. The van der Waals surface area contributed by atoms with E-state index in [1.807, 2.05) is 0 Å². The van der Waals surface area contributed by atoms with Crippen LogP contribution in [0.3, 0.4) is 0 Å². The number of nitro groups is 1. The maximum atomic E-state index is 12.3. The summed E-state index contributed by atoms with van der Waals surface area (Å²) in [5.41, 5.74) is -0.155. The number of para-hydroxylation sites is 1. The molecule has 11 heteroatoms. The predicted octanol–water partition coefficient (Wildman–Crippen LogP) is 2.94. The minimum Gasteiger partial charge on any atom is -0.360 e. The molecule has 0 aliphatic rings. The monoisotopic (exact) mass is 402 g/mol. The summed E-state index contributed by atoms with van der Waals surface area (Å²) in [6.07, 6.45) is 0. The normalized spacial score (nSPS) is 11.0. The molecule has 3 aromatic rings. The molecule has 0 saturated carbocycles. The van der Waals surface area contributed by atoms with Crippen LogP contribution in [0.15, 0.2) is 64.0 Å². The fourth-order valence-corrected chi connectivity index (χ4v) is 3.34. The number of nitrogens with zero attached hydrogens (tertiary/aromatic N) is 2. The Morgan fingerprint density at radius 2 is 1.82 bits per heavy atom. The van der Waals surface area contributed by atoms with E-state index >= 15 is 0 Å². The molecule has 144 valence electrons. The lowest BCUT2D eigenvalue weighted by atomic mass is 10.1. The lowest BCUT2D eigenvalue weighted by Gasteiger charge is -2.08. The number of hydrogen-bond acceptors (Lipinski definition) is 7. The number of nitro benzene ring substituents is 1. The average molecular weight is 402 g/mol. The molecule has 1 amide bonds.